The molecular weight excluding hydrogens is 278 g/mol. The highest BCUT2D eigenvalue weighted by atomic mass is 16.1. The van der Waals surface area contributed by atoms with E-state index in [9.17, 15) is 4.79 Å². The van der Waals surface area contributed by atoms with Crippen molar-refractivity contribution in [2.75, 3.05) is 0 Å². The number of guanidine groups is 1. The first-order valence-corrected chi connectivity index (χ1v) is 6.70. The largest absolute Gasteiger partial charge is 0.370 e. The van der Waals surface area contributed by atoms with Crippen molar-refractivity contribution >= 4 is 22.6 Å². The van der Waals surface area contributed by atoms with E-state index < -0.39 is 5.91 Å². The molecule has 0 saturated heterocycles. The molecule has 0 aliphatic rings. The van der Waals surface area contributed by atoms with Crippen molar-refractivity contribution in [1.82, 2.24) is 9.78 Å². The van der Waals surface area contributed by atoms with Gasteiger partial charge in [-0.3, -0.25) is 9.48 Å². The van der Waals surface area contributed by atoms with Gasteiger partial charge in [0.2, 0.25) is 0 Å². The van der Waals surface area contributed by atoms with Crippen LogP contribution in [0.4, 0.5) is 0 Å². The molecule has 0 aliphatic heterocycles. The number of carbonyl (C=O) groups excluding carboxylic acids is 1. The summed E-state index contributed by atoms with van der Waals surface area (Å²) in [5, 5.41) is 6.18. The highest BCUT2D eigenvalue weighted by Crippen LogP contribution is 2.29. The molecule has 2 aromatic carbocycles. The van der Waals surface area contributed by atoms with E-state index in [0.29, 0.717) is 5.56 Å². The summed E-state index contributed by atoms with van der Waals surface area (Å²) in [6.07, 6.45) is 3.76. The van der Waals surface area contributed by atoms with Crippen LogP contribution in [0.5, 0.6) is 0 Å². The first-order valence-electron chi connectivity index (χ1n) is 6.70. The van der Waals surface area contributed by atoms with Crippen molar-refractivity contribution in [3.05, 3.63) is 54.4 Å². The number of aromatic nitrogens is 2. The first kappa shape index (κ1) is 13.8. The van der Waals surface area contributed by atoms with E-state index in [0.717, 1.165) is 21.9 Å². The fourth-order valence-electron chi connectivity index (χ4n) is 2.41. The predicted molar refractivity (Wildman–Crippen MR) is 86.3 cm³/mol. The van der Waals surface area contributed by atoms with Gasteiger partial charge in [-0.05, 0) is 28.5 Å². The number of hydrogen-bond acceptors (Lipinski definition) is 2. The van der Waals surface area contributed by atoms with Crippen molar-refractivity contribution in [3.63, 3.8) is 0 Å². The Kier molecular flexibility index (Phi) is 3.34. The number of aryl methyl sites for hydroxylation is 1. The maximum absolute atomic E-state index is 11.9. The number of nitrogens with zero attached hydrogens (tertiary/aromatic N) is 3. The van der Waals surface area contributed by atoms with Gasteiger partial charge < -0.3 is 11.5 Å². The Bertz CT molecular complexity index is 890. The molecule has 1 amide bonds. The Morgan fingerprint density at radius 2 is 2.05 bits per heavy atom. The summed E-state index contributed by atoms with van der Waals surface area (Å²) in [5.41, 5.74) is 13.0. The van der Waals surface area contributed by atoms with E-state index in [1.54, 1.807) is 16.8 Å². The fourth-order valence-corrected chi connectivity index (χ4v) is 2.41. The monoisotopic (exact) mass is 293 g/mol. The van der Waals surface area contributed by atoms with Gasteiger partial charge in [-0.25, -0.2) is 0 Å². The molecule has 1 aromatic heterocycles. The van der Waals surface area contributed by atoms with Gasteiger partial charge in [-0.1, -0.05) is 24.3 Å². The molecule has 0 spiro atoms. The summed E-state index contributed by atoms with van der Waals surface area (Å²) in [7, 11) is 1.88. The minimum atomic E-state index is -0.450. The summed E-state index contributed by atoms with van der Waals surface area (Å²) >= 11 is 0. The predicted octanol–water partition coefficient (Wildman–Crippen LogP) is 1.65. The minimum absolute atomic E-state index is 0.241. The van der Waals surface area contributed by atoms with Crippen LogP contribution < -0.4 is 11.5 Å². The van der Waals surface area contributed by atoms with E-state index >= 15 is 0 Å². The van der Waals surface area contributed by atoms with Crippen LogP contribution in [0.1, 0.15) is 10.4 Å². The average Bonchev–Trinajstić information content (AvgIpc) is 2.91. The van der Waals surface area contributed by atoms with Crippen LogP contribution in [-0.4, -0.2) is 21.6 Å². The molecule has 6 heteroatoms. The molecule has 0 unspecified atom stereocenters. The summed E-state index contributed by atoms with van der Waals surface area (Å²) in [6.45, 7) is 0. The zero-order valence-corrected chi connectivity index (χ0v) is 12.0. The summed E-state index contributed by atoms with van der Waals surface area (Å²) in [4.78, 5) is 15.5. The third-order valence-corrected chi connectivity index (χ3v) is 3.37. The lowest BCUT2D eigenvalue weighted by molar-refractivity contribution is 0.100. The van der Waals surface area contributed by atoms with Gasteiger partial charge in [0.25, 0.3) is 5.91 Å². The van der Waals surface area contributed by atoms with Crippen molar-refractivity contribution < 1.29 is 4.79 Å². The van der Waals surface area contributed by atoms with Crippen LogP contribution >= 0.6 is 0 Å². The molecular formula is C16H15N5O. The number of amides is 1. The highest BCUT2D eigenvalue weighted by molar-refractivity contribution is 6.06. The van der Waals surface area contributed by atoms with E-state index in [1.165, 1.54) is 0 Å². The summed E-state index contributed by atoms with van der Waals surface area (Å²) in [5.74, 6) is -0.692. The lowest BCUT2D eigenvalue weighted by Crippen LogP contribution is -2.24. The van der Waals surface area contributed by atoms with Crippen molar-refractivity contribution in [1.29, 1.82) is 0 Å². The smallest absolute Gasteiger partial charge is 0.280 e. The second kappa shape index (κ2) is 5.33. The van der Waals surface area contributed by atoms with Crippen molar-refractivity contribution in [2.24, 2.45) is 23.5 Å². The van der Waals surface area contributed by atoms with Crippen LogP contribution in [0.15, 0.2) is 53.8 Å². The quantitative estimate of drug-likeness (QED) is 0.554. The molecule has 110 valence electrons. The van der Waals surface area contributed by atoms with Gasteiger partial charge in [-0.15, -0.1) is 0 Å². The van der Waals surface area contributed by atoms with Crippen LogP contribution in [0.2, 0.25) is 0 Å². The van der Waals surface area contributed by atoms with Crippen LogP contribution in [0, 0.1) is 0 Å². The van der Waals surface area contributed by atoms with Gasteiger partial charge in [0.05, 0.1) is 6.20 Å². The first-order chi connectivity index (χ1) is 10.5. The zero-order chi connectivity index (χ0) is 15.7. The Morgan fingerprint density at radius 1 is 1.23 bits per heavy atom. The normalized spacial score (nSPS) is 10.6. The average molecular weight is 293 g/mol. The van der Waals surface area contributed by atoms with Crippen molar-refractivity contribution in [3.8, 4) is 11.1 Å². The van der Waals surface area contributed by atoms with Crippen LogP contribution in [0.3, 0.4) is 0 Å². The number of nitrogens with two attached hydrogens (primary N) is 2. The maximum Gasteiger partial charge on any atom is 0.280 e. The molecule has 3 rings (SSSR count). The Labute approximate surface area is 127 Å². The molecule has 0 bridgehead atoms. The molecule has 1 heterocycles. The van der Waals surface area contributed by atoms with Crippen LogP contribution in [-0.2, 0) is 7.05 Å². The third kappa shape index (κ3) is 2.54. The Hall–Kier alpha value is -3.15. The standard InChI is InChI=1S/C16H15N5O/c1-21-9-12(8-19-21)13-4-2-3-10-7-11(5-6-14(10)13)15(22)20-16(17)18/h2-9H,1H3,(H4,17,18,20,22). The fraction of sp³-hybridized carbons (Fsp3) is 0.0625. The Balaban J connectivity index is 2.12. The number of aliphatic imine (C=N–C) groups is 1. The lowest BCUT2D eigenvalue weighted by atomic mass is 9.99. The summed E-state index contributed by atoms with van der Waals surface area (Å²) in [6, 6.07) is 11.3. The highest BCUT2D eigenvalue weighted by Gasteiger charge is 2.09. The molecule has 0 fully saturated rings. The number of rotatable bonds is 2. The minimum Gasteiger partial charge on any atom is -0.370 e. The number of hydrogen-bond donors (Lipinski definition) is 2. The third-order valence-electron chi connectivity index (χ3n) is 3.37. The molecule has 0 atom stereocenters. The van der Waals surface area contributed by atoms with Gasteiger partial charge in [0, 0.05) is 24.4 Å². The second-order valence-corrected chi connectivity index (χ2v) is 4.99. The molecule has 0 aliphatic carbocycles. The molecule has 0 saturated carbocycles. The van der Waals surface area contributed by atoms with E-state index in [2.05, 4.69) is 10.1 Å². The zero-order valence-electron chi connectivity index (χ0n) is 12.0. The van der Waals surface area contributed by atoms with Gasteiger partial charge in [0.1, 0.15) is 0 Å². The Morgan fingerprint density at radius 3 is 2.73 bits per heavy atom. The molecule has 4 N–H and O–H groups in total. The van der Waals surface area contributed by atoms with Gasteiger partial charge >= 0.3 is 0 Å². The number of benzene rings is 2. The SMILES string of the molecule is Cn1cc(-c2cccc3cc(C(=O)N=C(N)N)ccc23)cn1. The van der Waals surface area contributed by atoms with E-state index in [-0.39, 0.29) is 5.96 Å². The maximum atomic E-state index is 11.9. The number of carbonyl (C=O) groups is 1. The molecule has 3 aromatic rings. The van der Waals surface area contributed by atoms with Gasteiger partial charge in [-0.2, -0.15) is 10.1 Å². The topological polar surface area (TPSA) is 99.3 Å². The number of fused-ring (bicyclic) bond motifs is 1. The van der Waals surface area contributed by atoms with Crippen molar-refractivity contribution in [2.45, 2.75) is 0 Å². The lowest BCUT2D eigenvalue weighted by Gasteiger charge is -2.06. The summed E-state index contributed by atoms with van der Waals surface area (Å²) < 4.78 is 1.75. The molecule has 0 radical (unpaired) electrons. The van der Waals surface area contributed by atoms with Crippen LogP contribution in [0.25, 0.3) is 21.9 Å². The van der Waals surface area contributed by atoms with E-state index in [1.807, 2.05) is 43.7 Å². The molecule has 22 heavy (non-hydrogen) atoms. The van der Waals surface area contributed by atoms with E-state index in [4.69, 9.17) is 11.5 Å². The second-order valence-electron chi connectivity index (χ2n) is 4.99. The van der Waals surface area contributed by atoms with Gasteiger partial charge in [0.15, 0.2) is 5.96 Å². The molecule has 6 nitrogen and oxygen atoms in total.